The number of phenolic OH excluding ortho intramolecular Hbond substituents is 1. The molecule has 12 heteroatoms. The number of phenols is 1. The fourth-order valence-corrected chi connectivity index (χ4v) is 3.64. The predicted octanol–water partition coefficient (Wildman–Crippen LogP) is -0.297. The first kappa shape index (κ1) is 30.2. The number of unbranched alkanes of at least 4 members (excludes halogenated alkanes) is 1. The second-order valence-corrected chi connectivity index (χ2v) is 9.22. The molecule has 4 unspecified atom stereocenters. The number of thioether (sulfide) groups is 1. The number of nitrogens with two attached hydrogens (primary N) is 2. The Morgan fingerprint density at radius 2 is 1.51 bits per heavy atom. The van der Waals surface area contributed by atoms with E-state index in [1.54, 1.807) is 12.1 Å². The summed E-state index contributed by atoms with van der Waals surface area (Å²) in [6.45, 7) is 1.76. The normalized spacial score (nSPS) is 14.3. The maximum atomic E-state index is 13.1. The molecule has 0 aliphatic heterocycles. The van der Waals surface area contributed by atoms with Gasteiger partial charge >= 0.3 is 5.97 Å². The maximum absolute atomic E-state index is 13.1. The highest BCUT2D eigenvalue weighted by atomic mass is 32.2. The van der Waals surface area contributed by atoms with Crippen LogP contribution >= 0.6 is 11.8 Å². The van der Waals surface area contributed by atoms with Crippen LogP contribution < -0.4 is 27.4 Å². The molecule has 0 radical (unpaired) electrons. The summed E-state index contributed by atoms with van der Waals surface area (Å²) in [5, 5.41) is 26.2. The van der Waals surface area contributed by atoms with Gasteiger partial charge < -0.3 is 37.6 Å². The molecule has 0 aliphatic rings. The van der Waals surface area contributed by atoms with Crippen LogP contribution in [0.25, 0.3) is 0 Å². The number of hydrogen-bond acceptors (Lipinski definition) is 8. The molecule has 0 aromatic heterocycles. The van der Waals surface area contributed by atoms with Crippen LogP contribution in [-0.2, 0) is 25.6 Å². The lowest BCUT2D eigenvalue weighted by molar-refractivity contribution is -0.141. The zero-order valence-electron chi connectivity index (χ0n) is 20.2. The molecule has 0 bridgehead atoms. The summed E-state index contributed by atoms with van der Waals surface area (Å²) in [6.07, 6.45) is 3.85. The molecular weight excluding hydrogens is 474 g/mol. The number of carbonyl (C=O) groups is 4. The molecule has 4 atom stereocenters. The van der Waals surface area contributed by atoms with Crippen LogP contribution in [0.2, 0.25) is 0 Å². The van der Waals surface area contributed by atoms with E-state index in [-0.39, 0.29) is 18.6 Å². The molecule has 1 aromatic carbocycles. The SMILES string of the molecule is CSCCC(NC(=O)C(CCCCN)NC(=O)C(N)Cc1ccc(O)cc1)C(=O)NC(C)C(=O)O. The van der Waals surface area contributed by atoms with Crippen LogP contribution in [-0.4, -0.2) is 76.6 Å². The first-order valence-corrected chi connectivity index (χ1v) is 12.8. The highest BCUT2D eigenvalue weighted by molar-refractivity contribution is 7.98. The fraction of sp³-hybridized carbons (Fsp3) is 0.565. The van der Waals surface area contributed by atoms with Gasteiger partial charge in [0.1, 0.15) is 23.9 Å². The summed E-state index contributed by atoms with van der Waals surface area (Å²) in [6, 6.07) is 2.34. The molecule has 0 heterocycles. The Hall–Kier alpha value is -2.83. The van der Waals surface area contributed by atoms with Gasteiger partial charge in [-0.15, -0.1) is 0 Å². The van der Waals surface area contributed by atoms with E-state index in [4.69, 9.17) is 16.6 Å². The molecule has 3 amide bonds. The second-order valence-electron chi connectivity index (χ2n) is 8.23. The summed E-state index contributed by atoms with van der Waals surface area (Å²) < 4.78 is 0. The average molecular weight is 512 g/mol. The fourth-order valence-electron chi connectivity index (χ4n) is 3.17. The number of carboxylic acids is 1. The van der Waals surface area contributed by atoms with Gasteiger partial charge in [-0.25, -0.2) is 0 Å². The summed E-state index contributed by atoms with van der Waals surface area (Å²) in [7, 11) is 0. The van der Waals surface area contributed by atoms with E-state index in [1.807, 2.05) is 6.26 Å². The van der Waals surface area contributed by atoms with Crippen molar-refractivity contribution in [1.29, 1.82) is 0 Å². The van der Waals surface area contributed by atoms with Crippen molar-refractivity contribution in [3.05, 3.63) is 29.8 Å². The van der Waals surface area contributed by atoms with Gasteiger partial charge in [-0.2, -0.15) is 11.8 Å². The Bertz CT molecular complexity index is 838. The topological polar surface area (TPSA) is 197 Å². The third kappa shape index (κ3) is 11.4. The number of aromatic hydroxyl groups is 1. The Balaban J connectivity index is 2.89. The number of rotatable bonds is 16. The minimum atomic E-state index is -1.19. The van der Waals surface area contributed by atoms with Crippen molar-refractivity contribution in [2.45, 2.75) is 63.2 Å². The van der Waals surface area contributed by atoms with E-state index < -0.39 is 47.9 Å². The molecule has 1 rings (SSSR count). The van der Waals surface area contributed by atoms with Crippen molar-refractivity contribution in [3.63, 3.8) is 0 Å². The summed E-state index contributed by atoms with van der Waals surface area (Å²) in [5.41, 5.74) is 12.3. The van der Waals surface area contributed by atoms with Crippen LogP contribution in [0.3, 0.4) is 0 Å². The van der Waals surface area contributed by atoms with Crippen LogP contribution in [0.15, 0.2) is 24.3 Å². The number of aliphatic carboxylic acids is 1. The predicted molar refractivity (Wildman–Crippen MR) is 135 cm³/mol. The van der Waals surface area contributed by atoms with Crippen LogP contribution in [0.5, 0.6) is 5.75 Å². The van der Waals surface area contributed by atoms with Gasteiger partial charge in [0.25, 0.3) is 0 Å². The molecule has 0 saturated carbocycles. The van der Waals surface area contributed by atoms with Crippen LogP contribution in [0.1, 0.15) is 38.2 Å². The van der Waals surface area contributed by atoms with Crippen molar-refractivity contribution in [3.8, 4) is 5.75 Å². The van der Waals surface area contributed by atoms with Crippen LogP contribution in [0.4, 0.5) is 0 Å². The average Bonchev–Trinajstić information content (AvgIpc) is 2.82. The summed E-state index contributed by atoms with van der Waals surface area (Å²) in [5.74, 6) is -2.24. The molecule has 9 N–H and O–H groups in total. The largest absolute Gasteiger partial charge is 0.508 e. The van der Waals surface area contributed by atoms with Gasteiger partial charge in [-0.3, -0.25) is 19.2 Å². The highest BCUT2D eigenvalue weighted by Gasteiger charge is 2.29. The number of amides is 3. The van der Waals surface area contributed by atoms with Gasteiger partial charge in [0.05, 0.1) is 6.04 Å². The minimum absolute atomic E-state index is 0.0984. The molecule has 196 valence electrons. The molecular formula is C23H37N5O6S. The Kier molecular flexibility index (Phi) is 13.8. The van der Waals surface area contributed by atoms with Crippen molar-refractivity contribution in [2.24, 2.45) is 11.5 Å². The van der Waals surface area contributed by atoms with Crippen molar-refractivity contribution in [2.75, 3.05) is 18.6 Å². The molecule has 35 heavy (non-hydrogen) atoms. The monoisotopic (exact) mass is 511 g/mol. The number of nitrogens with one attached hydrogen (secondary N) is 3. The Morgan fingerprint density at radius 3 is 2.09 bits per heavy atom. The van der Waals surface area contributed by atoms with E-state index in [2.05, 4.69) is 16.0 Å². The molecule has 1 aromatic rings. The molecule has 0 saturated heterocycles. The van der Waals surface area contributed by atoms with E-state index in [0.717, 1.165) is 5.56 Å². The lowest BCUT2D eigenvalue weighted by Gasteiger charge is -2.25. The molecule has 0 spiro atoms. The van der Waals surface area contributed by atoms with Gasteiger partial charge in [-0.1, -0.05) is 12.1 Å². The second kappa shape index (κ2) is 16.0. The van der Waals surface area contributed by atoms with Gasteiger partial charge in [0.2, 0.25) is 17.7 Å². The third-order valence-corrected chi connectivity index (χ3v) is 5.93. The van der Waals surface area contributed by atoms with E-state index >= 15 is 0 Å². The third-order valence-electron chi connectivity index (χ3n) is 5.28. The smallest absolute Gasteiger partial charge is 0.325 e. The number of carboxylic acid groups (broad SMARTS) is 1. The van der Waals surface area contributed by atoms with Crippen molar-refractivity contribution in [1.82, 2.24) is 16.0 Å². The number of carbonyl (C=O) groups excluding carboxylic acids is 3. The maximum Gasteiger partial charge on any atom is 0.325 e. The summed E-state index contributed by atoms with van der Waals surface area (Å²) >= 11 is 1.48. The van der Waals surface area contributed by atoms with E-state index in [0.29, 0.717) is 31.6 Å². The van der Waals surface area contributed by atoms with Gasteiger partial charge in [-0.05, 0) is 75.3 Å². The highest BCUT2D eigenvalue weighted by Crippen LogP contribution is 2.11. The zero-order chi connectivity index (χ0) is 26.4. The molecule has 0 aliphatic carbocycles. The van der Waals surface area contributed by atoms with Gasteiger partial charge in [0, 0.05) is 0 Å². The first-order valence-electron chi connectivity index (χ1n) is 11.4. The lowest BCUT2D eigenvalue weighted by atomic mass is 10.0. The zero-order valence-corrected chi connectivity index (χ0v) is 21.0. The quantitative estimate of drug-likeness (QED) is 0.146. The first-order chi connectivity index (χ1) is 16.6. The van der Waals surface area contributed by atoms with E-state index in [9.17, 15) is 24.3 Å². The standard InChI is InChI=1S/C23H37N5O6S/c1-14(23(33)34)26-21(31)19(10-12-35-2)28-22(32)18(5-3-4-11-24)27-20(30)17(25)13-15-6-8-16(29)9-7-15/h6-9,14,17-19,29H,3-5,10-13,24-25H2,1-2H3,(H,26,31)(H,27,30)(H,28,32)(H,33,34). The van der Waals surface area contributed by atoms with E-state index in [1.165, 1.54) is 30.8 Å². The molecule has 0 fully saturated rings. The molecule has 11 nitrogen and oxygen atoms in total. The van der Waals surface area contributed by atoms with Crippen LogP contribution in [0, 0.1) is 0 Å². The Labute approximate surface area is 209 Å². The lowest BCUT2D eigenvalue weighted by Crippen LogP contribution is -2.57. The summed E-state index contributed by atoms with van der Waals surface area (Å²) in [4.78, 5) is 49.5. The van der Waals surface area contributed by atoms with Crippen molar-refractivity contribution < 1.29 is 29.4 Å². The minimum Gasteiger partial charge on any atom is -0.508 e. The van der Waals surface area contributed by atoms with Crippen molar-refractivity contribution >= 4 is 35.5 Å². The number of hydrogen-bond donors (Lipinski definition) is 7. The number of benzene rings is 1. The van der Waals surface area contributed by atoms with Gasteiger partial charge in [0.15, 0.2) is 0 Å². The Morgan fingerprint density at radius 1 is 0.943 bits per heavy atom.